The van der Waals surface area contributed by atoms with Crippen LogP contribution in [-0.2, 0) is 14.4 Å². The van der Waals surface area contributed by atoms with Crippen LogP contribution in [0.2, 0.25) is 5.02 Å². The number of thiazole rings is 1. The van der Waals surface area contributed by atoms with Crippen molar-refractivity contribution in [1.29, 1.82) is 0 Å². The van der Waals surface area contributed by atoms with Crippen LogP contribution in [0.3, 0.4) is 0 Å². The lowest BCUT2D eigenvalue weighted by atomic mass is 9.83. The number of nitrogens with zero attached hydrogens (tertiary/aromatic N) is 1. The molecule has 0 radical (unpaired) electrons. The minimum Gasteiger partial charge on any atom is -0.484 e. The molecule has 0 spiro atoms. The predicted octanol–water partition coefficient (Wildman–Crippen LogP) is 4.90. The number of thioether (sulfide) groups is 1. The number of aromatic amines is 1. The maximum absolute atomic E-state index is 13.8. The molecule has 11 heteroatoms. The number of nitrogens with one attached hydrogen (secondary N) is 2. The van der Waals surface area contributed by atoms with E-state index in [9.17, 15) is 19.2 Å². The van der Waals surface area contributed by atoms with Gasteiger partial charge in [0.25, 0.3) is 5.91 Å². The number of amides is 3. The molecule has 3 heterocycles. The molecule has 3 aromatic carbocycles. The standard InChI is InChI=1S/C28H20ClN3O5S2/c29-16-9-11-17(12-10-16)30-20(33)14-37-19-8-4-5-15(13-19)21-22-24(38-25-23(21)39-28(36)31-25)27(35)32(26(22)34)18-6-2-1-3-7-18/h1-13,21-22,24H,14H2,(H,30,33)(H,31,36)/t21-,22-,24+/m0/s1. The van der Waals surface area contributed by atoms with E-state index >= 15 is 0 Å². The maximum Gasteiger partial charge on any atom is 0.305 e. The first kappa shape index (κ1) is 25.4. The first-order valence-electron chi connectivity index (χ1n) is 12.0. The topological polar surface area (TPSA) is 109 Å². The molecule has 196 valence electrons. The van der Waals surface area contributed by atoms with Crippen molar-refractivity contribution in [3.63, 3.8) is 0 Å². The molecule has 39 heavy (non-hydrogen) atoms. The van der Waals surface area contributed by atoms with Crippen molar-refractivity contribution in [1.82, 2.24) is 4.98 Å². The number of hydrogen-bond acceptors (Lipinski definition) is 7. The fraction of sp³-hybridized carbons (Fsp3) is 0.143. The van der Waals surface area contributed by atoms with E-state index in [0.29, 0.717) is 37.6 Å². The summed E-state index contributed by atoms with van der Waals surface area (Å²) in [4.78, 5) is 56.5. The van der Waals surface area contributed by atoms with E-state index in [1.54, 1.807) is 66.7 Å². The van der Waals surface area contributed by atoms with Crippen LogP contribution in [0.15, 0.2) is 88.7 Å². The number of anilines is 2. The van der Waals surface area contributed by atoms with Crippen LogP contribution in [0, 0.1) is 5.92 Å². The van der Waals surface area contributed by atoms with E-state index in [2.05, 4.69) is 10.3 Å². The molecule has 0 saturated carbocycles. The van der Waals surface area contributed by atoms with Crippen LogP contribution in [-0.4, -0.2) is 34.6 Å². The first-order valence-corrected chi connectivity index (χ1v) is 14.1. The van der Waals surface area contributed by atoms with Crippen molar-refractivity contribution in [3.8, 4) is 5.75 Å². The van der Waals surface area contributed by atoms with Crippen molar-refractivity contribution in [3.05, 3.63) is 104 Å². The first-order chi connectivity index (χ1) is 18.9. The van der Waals surface area contributed by atoms with E-state index < -0.39 is 17.1 Å². The molecule has 1 fully saturated rings. The van der Waals surface area contributed by atoms with E-state index in [1.165, 1.54) is 16.7 Å². The number of rotatable bonds is 6. The van der Waals surface area contributed by atoms with Gasteiger partial charge in [-0.15, -0.1) is 0 Å². The maximum atomic E-state index is 13.8. The number of H-pyrrole nitrogens is 1. The molecular weight excluding hydrogens is 558 g/mol. The Hall–Kier alpha value is -3.86. The molecule has 1 aromatic heterocycles. The summed E-state index contributed by atoms with van der Waals surface area (Å²) in [7, 11) is 0. The van der Waals surface area contributed by atoms with Crippen molar-refractivity contribution in [2.24, 2.45) is 5.92 Å². The summed E-state index contributed by atoms with van der Waals surface area (Å²) in [6.45, 7) is -0.236. The number of hydrogen-bond donors (Lipinski definition) is 2. The van der Waals surface area contributed by atoms with Gasteiger partial charge >= 0.3 is 4.87 Å². The quantitative estimate of drug-likeness (QED) is 0.316. The number of para-hydroxylation sites is 1. The van der Waals surface area contributed by atoms with Gasteiger partial charge in [0, 0.05) is 21.5 Å². The Morgan fingerprint density at radius 1 is 0.974 bits per heavy atom. The fourth-order valence-electron chi connectivity index (χ4n) is 4.88. The van der Waals surface area contributed by atoms with Gasteiger partial charge in [-0.1, -0.05) is 65.0 Å². The summed E-state index contributed by atoms with van der Waals surface area (Å²) in [6.07, 6.45) is 0. The van der Waals surface area contributed by atoms with Gasteiger partial charge in [0.2, 0.25) is 11.8 Å². The Morgan fingerprint density at radius 2 is 1.74 bits per heavy atom. The van der Waals surface area contributed by atoms with Gasteiger partial charge in [-0.25, -0.2) is 4.90 Å². The summed E-state index contributed by atoms with van der Waals surface area (Å²) in [5.41, 5.74) is 1.82. The highest BCUT2D eigenvalue weighted by atomic mass is 35.5. The third-order valence-corrected chi connectivity index (χ3v) is 9.21. The lowest BCUT2D eigenvalue weighted by molar-refractivity contribution is -0.122. The van der Waals surface area contributed by atoms with Crippen LogP contribution < -0.4 is 19.8 Å². The Labute approximate surface area is 236 Å². The average molecular weight is 578 g/mol. The number of imide groups is 1. The van der Waals surface area contributed by atoms with Crippen LogP contribution in [0.5, 0.6) is 5.75 Å². The number of ether oxygens (including phenoxy) is 1. The van der Waals surface area contributed by atoms with Crippen LogP contribution in [0.4, 0.5) is 11.4 Å². The van der Waals surface area contributed by atoms with Gasteiger partial charge in [0.05, 0.1) is 16.6 Å². The van der Waals surface area contributed by atoms with Crippen LogP contribution in [0.1, 0.15) is 16.4 Å². The SMILES string of the molecule is O=C(COc1cccc([C@@H]2c3sc(=O)[nH]c3S[C@H]3C(=O)N(c4ccccc4)C(=O)[C@@H]23)c1)Nc1ccc(Cl)cc1. The minimum absolute atomic E-state index is 0.236. The molecule has 4 aromatic rings. The second-order valence-corrected chi connectivity index (χ2v) is 11.6. The second kappa shape index (κ2) is 10.4. The summed E-state index contributed by atoms with van der Waals surface area (Å²) in [5.74, 6) is -1.78. The van der Waals surface area contributed by atoms with E-state index in [1.807, 2.05) is 12.1 Å². The van der Waals surface area contributed by atoms with Gasteiger partial charge in [-0.2, -0.15) is 0 Å². The Bertz CT molecular complexity index is 1640. The second-order valence-electron chi connectivity index (χ2n) is 9.01. The summed E-state index contributed by atoms with van der Waals surface area (Å²) in [5, 5.41) is 3.22. The van der Waals surface area contributed by atoms with Crippen molar-refractivity contribution in [2.45, 2.75) is 16.2 Å². The highest BCUT2D eigenvalue weighted by Gasteiger charge is 2.56. The molecular formula is C28H20ClN3O5S2. The lowest BCUT2D eigenvalue weighted by Gasteiger charge is -2.30. The molecule has 2 aliphatic heterocycles. The van der Waals surface area contributed by atoms with Crippen molar-refractivity contribution >= 4 is 63.8 Å². The number of aromatic nitrogens is 1. The summed E-state index contributed by atoms with van der Waals surface area (Å²) >= 11 is 8.16. The largest absolute Gasteiger partial charge is 0.484 e. The smallest absolute Gasteiger partial charge is 0.305 e. The number of halogens is 1. The molecule has 2 N–H and O–H groups in total. The number of carbonyl (C=O) groups is 3. The zero-order valence-corrected chi connectivity index (χ0v) is 22.5. The number of fused-ring (bicyclic) bond motifs is 2. The molecule has 0 unspecified atom stereocenters. The van der Waals surface area contributed by atoms with Crippen molar-refractivity contribution in [2.75, 3.05) is 16.8 Å². The Morgan fingerprint density at radius 3 is 2.51 bits per heavy atom. The molecule has 0 bridgehead atoms. The number of carbonyl (C=O) groups excluding carboxylic acids is 3. The third-order valence-electron chi connectivity index (χ3n) is 6.55. The fourth-order valence-corrected chi connectivity index (χ4v) is 7.53. The average Bonchev–Trinajstić information content (AvgIpc) is 3.43. The minimum atomic E-state index is -0.704. The molecule has 0 aliphatic carbocycles. The molecule has 3 atom stereocenters. The Kier molecular flexibility index (Phi) is 6.76. The van der Waals surface area contributed by atoms with E-state index in [-0.39, 0.29) is 29.2 Å². The zero-order chi connectivity index (χ0) is 27.1. The van der Waals surface area contributed by atoms with E-state index in [0.717, 1.165) is 11.3 Å². The monoisotopic (exact) mass is 577 g/mol. The lowest BCUT2D eigenvalue weighted by Crippen LogP contribution is -2.32. The molecule has 8 nitrogen and oxygen atoms in total. The molecule has 2 aliphatic rings. The summed E-state index contributed by atoms with van der Waals surface area (Å²) < 4.78 is 5.77. The third kappa shape index (κ3) is 4.87. The predicted molar refractivity (Wildman–Crippen MR) is 151 cm³/mol. The van der Waals surface area contributed by atoms with Gasteiger partial charge < -0.3 is 15.0 Å². The normalized spacial score (nSPS) is 19.9. The van der Waals surface area contributed by atoms with Crippen LogP contribution >= 0.6 is 34.7 Å². The summed E-state index contributed by atoms with van der Waals surface area (Å²) in [6, 6.07) is 22.7. The highest BCUT2D eigenvalue weighted by Crippen LogP contribution is 2.53. The van der Waals surface area contributed by atoms with E-state index in [4.69, 9.17) is 16.3 Å². The van der Waals surface area contributed by atoms with Crippen molar-refractivity contribution < 1.29 is 19.1 Å². The van der Waals surface area contributed by atoms with Gasteiger partial charge in [0.15, 0.2) is 6.61 Å². The Balaban J connectivity index is 1.28. The van der Waals surface area contributed by atoms with Crippen LogP contribution in [0.25, 0.3) is 0 Å². The molecule has 1 saturated heterocycles. The van der Waals surface area contributed by atoms with Gasteiger partial charge in [-0.05, 0) is 54.1 Å². The molecule has 3 amide bonds. The highest BCUT2D eigenvalue weighted by molar-refractivity contribution is 8.00. The number of benzene rings is 3. The van der Waals surface area contributed by atoms with Gasteiger partial charge in [-0.3, -0.25) is 19.2 Å². The van der Waals surface area contributed by atoms with Gasteiger partial charge in [0.1, 0.15) is 11.0 Å². The zero-order valence-electron chi connectivity index (χ0n) is 20.1. The molecule has 6 rings (SSSR count).